The molecule has 10 nitrogen and oxygen atoms in total. The highest BCUT2D eigenvalue weighted by Gasteiger charge is 2.18. The zero-order valence-electron chi connectivity index (χ0n) is 26.9. The molecule has 50 heavy (non-hydrogen) atoms. The highest BCUT2D eigenvalue weighted by Crippen LogP contribution is 2.39. The number of carbonyl (C=O) groups is 3. The molecule has 3 amide bonds. The minimum atomic E-state index is -0.579. The fraction of sp³-hybridized carbons (Fsp3) is 0.111. The minimum Gasteiger partial charge on any atom is -0.493 e. The summed E-state index contributed by atoms with van der Waals surface area (Å²) in [6, 6.07) is 24.1. The van der Waals surface area contributed by atoms with Crippen LogP contribution in [0, 0.1) is 0 Å². The molecular weight excluding hydrogens is 719 g/mol. The number of nitrogens with zero attached hydrogens (tertiary/aromatic N) is 1. The number of benzene rings is 4. The number of carbonyl (C=O) groups excluding carboxylic acids is 3. The van der Waals surface area contributed by atoms with Gasteiger partial charge in [-0.15, -0.1) is 23.1 Å². The summed E-state index contributed by atoms with van der Waals surface area (Å²) in [6.07, 6.45) is 1.51. The number of thiazole rings is 1. The van der Waals surface area contributed by atoms with Crippen LogP contribution < -0.4 is 30.2 Å². The Morgan fingerprint density at radius 3 is 2.26 bits per heavy atom. The predicted molar refractivity (Wildman–Crippen MR) is 200 cm³/mol. The van der Waals surface area contributed by atoms with Gasteiger partial charge in [0.2, 0.25) is 11.7 Å². The third kappa shape index (κ3) is 9.36. The van der Waals surface area contributed by atoms with E-state index in [-0.39, 0.29) is 17.4 Å². The van der Waals surface area contributed by atoms with E-state index in [9.17, 15) is 14.4 Å². The van der Waals surface area contributed by atoms with Crippen LogP contribution in [0.15, 0.2) is 101 Å². The summed E-state index contributed by atoms with van der Waals surface area (Å²) in [5.41, 5.74) is 2.75. The molecule has 256 valence electrons. The zero-order chi connectivity index (χ0) is 35.6. The molecule has 14 heteroatoms. The molecule has 0 aliphatic rings. The van der Waals surface area contributed by atoms with Gasteiger partial charge in [-0.1, -0.05) is 53.5 Å². The highest BCUT2D eigenvalue weighted by molar-refractivity contribution is 8.00. The van der Waals surface area contributed by atoms with Crippen LogP contribution in [0.5, 0.6) is 17.2 Å². The van der Waals surface area contributed by atoms with Gasteiger partial charge in [0.25, 0.3) is 11.8 Å². The first-order valence-electron chi connectivity index (χ1n) is 14.8. The van der Waals surface area contributed by atoms with E-state index in [0.717, 1.165) is 10.5 Å². The van der Waals surface area contributed by atoms with Crippen LogP contribution in [0.25, 0.3) is 17.3 Å². The van der Waals surface area contributed by atoms with E-state index in [0.29, 0.717) is 54.9 Å². The summed E-state index contributed by atoms with van der Waals surface area (Å²) in [4.78, 5) is 44.8. The second kappa shape index (κ2) is 17.1. The lowest BCUT2D eigenvalue weighted by Crippen LogP contribution is -2.30. The van der Waals surface area contributed by atoms with Crippen molar-refractivity contribution in [2.45, 2.75) is 4.90 Å². The molecule has 0 aliphatic carbocycles. The van der Waals surface area contributed by atoms with Gasteiger partial charge in [0.1, 0.15) is 5.70 Å². The molecule has 0 saturated heterocycles. The van der Waals surface area contributed by atoms with Crippen molar-refractivity contribution in [1.82, 2.24) is 10.3 Å². The molecule has 5 rings (SSSR count). The van der Waals surface area contributed by atoms with Gasteiger partial charge in [-0.3, -0.25) is 14.4 Å². The smallest absolute Gasteiger partial charge is 0.272 e. The van der Waals surface area contributed by atoms with Gasteiger partial charge < -0.3 is 30.2 Å². The van der Waals surface area contributed by atoms with Gasteiger partial charge in [-0.05, 0) is 66.2 Å². The van der Waals surface area contributed by atoms with Crippen LogP contribution in [0.2, 0.25) is 10.0 Å². The SMILES string of the molecule is COc1cc(/C=C(/NC(=O)c2ccccc2)C(=O)Nc2cccc(SCC(=O)Nc3nc(-c4ccc(Cl)c(Cl)c4)cs3)c2)cc(OC)c1OC. The van der Waals surface area contributed by atoms with E-state index < -0.39 is 11.8 Å². The number of methoxy groups -OCH3 is 3. The number of rotatable bonds is 13. The van der Waals surface area contributed by atoms with Gasteiger partial charge in [0.15, 0.2) is 16.6 Å². The number of amides is 3. The van der Waals surface area contributed by atoms with Crippen molar-refractivity contribution in [3.63, 3.8) is 0 Å². The maximum atomic E-state index is 13.7. The lowest BCUT2D eigenvalue weighted by molar-refractivity contribution is -0.114. The number of hydrogen-bond acceptors (Lipinski definition) is 9. The quantitative estimate of drug-likeness (QED) is 0.0811. The molecule has 0 radical (unpaired) electrons. The van der Waals surface area contributed by atoms with E-state index in [1.807, 2.05) is 11.4 Å². The molecule has 4 aromatic carbocycles. The fourth-order valence-electron chi connectivity index (χ4n) is 4.58. The predicted octanol–water partition coefficient (Wildman–Crippen LogP) is 8.28. The maximum Gasteiger partial charge on any atom is 0.272 e. The van der Waals surface area contributed by atoms with Gasteiger partial charge >= 0.3 is 0 Å². The lowest BCUT2D eigenvalue weighted by atomic mass is 10.1. The molecular formula is C36H30Cl2N4O6S2. The van der Waals surface area contributed by atoms with Crippen LogP contribution in [-0.4, -0.2) is 49.8 Å². The Balaban J connectivity index is 1.28. The number of nitrogens with one attached hydrogen (secondary N) is 3. The van der Waals surface area contributed by atoms with E-state index in [1.165, 1.54) is 50.5 Å². The average Bonchev–Trinajstić information content (AvgIpc) is 3.59. The highest BCUT2D eigenvalue weighted by atomic mass is 35.5. The summed E-state index contributed by atoms with van der Waals surface area (Å²) >= 11 is 14.7. The van der Waals surface area contributed by atoms with Crippen molar-refractivity contribution < 1.29 is 28.6 Å². The Kier molecular flexibility index (Phi) is 12.4. The molecule has 0 atom stereocenters. The maximum absolute atomic E-state index is 13.7. The Labute approximate surface area is 306 Å². The van der Waals surface area contributed by atoms with Crippen molar-refractivity contribution in [2.75, 3.05) is 37.7 Å². The van der Waals surface area contributed by atoms with E-state index >= 15 is 0 Å². The fourth-order valence-corrected chi connectivity index (χ4v) is 6.37. The summed E-state index contributed by atoms with van der Waals surface area (Å²) in [5.74, 6) is -0.0691. The number of anilines is 2. The van der Waals surface area contributed by atoms with E-state index in [1.54, 1.807) is 78.9 Å². The van der Waals surface area contributed by atoms with E-state index in [4.69, 9.17) is 37.4 Å². The van der Waals surface area contributed by atoms with E-state index in [2.05, 4.69) is 20.9 Å². The topological polar surface area (TPSA) is 128 Å². The van der Waals surface area contributed by atoms with Gasteiger partial charge in [0.05, 0.1) is 42.8 Å². The second-order valence-corrected chi connectivity index (χ2v) is 13.0. The lowest BCUT2D eigenvalue weighted by Gasteiger charge is -2.15. The summed E-state index contributed by atoms with van der Waals surface area (Å²) in [5, 5.41) is 11.5. The normalized spacial score (nSPS) is 11.0. The summed E-state index contributed by atoms with van der Waals surface area (Å²) in [6.45, 7) is 0. The van der Waals surface area contributed by atoms with Crippen LogP contribution in [0.4, 0.5) is 10.8 Å². The molecule has 0 aliphatic heterocycles. The standard InChI is InChI=1S/C36H30Cl2N4O6S2/c1-46-30-15-21(16-31(47-2)33(30)48-3)14-28(40-34(44)22-8-5-4-6-9-22)35(45)39-24-10-7-11-25(18-24)49-20-32(43)42-36-41-29(19-50-36)23-12-13-26(37)27(38)17-23/h4-19H,20H2,1-3H3,(H,39,45)(H,40,44)(H,41,42,43)/b28-14+. The third-order valence-electron chi connectivity index (χ3n) is 6.95. The molecule has 0 spiro atoms. The van der Waals surface area contributed by atoms with Gasteiger partial charge in [0, 0.05) is 27.1 Å². The molecule has 1 aromatic heterocycles. The molecule has 0 fully saturated rings. The van der Waals surface area contributed by atoms with Crippen LogP contribution >= 0.6 is 46.3 Å². The third-order valence-corrected chi connectivity index (χ3v) is 9.45. The summed E-state index contributed by atoms with van der Waals surface area (Å²) in [7, 11) is 4.46. The van der Waals surface area contributed by atoms with Gasteiger partial charge in [-0.2, -0.15) is 0 Å². The van der Waals surface area contributed by atoms with Crippen molar-refractivity contribution >= 4 is 80.9 Å². The Morgan fingerprint density at radius 2 is 1.58 bits per heavy atom. The first-order valence-corrected chi connectivity index (χ1v) is 17.4. The first-order chi connectivity index (χ1) is 24.2. The monoisotopic (exact) mass is 748 g/mol. The number of aromatic nitrogens is 1. The number of thioether (sulfide) groups is 1. The molecule has 3 N–H and O–H groups in total. The average molecular weight is 750 g/mol. The van der Waals surface area contributed by atoms with Crippen molar-refractivity contribution in [1.29, 1.82) is 0 Å². The number of hydrogen-bond donors (Lipinski definition) is 3. The summed E-state index contributed by atoms with van der Waals surface area (Å²) < 4.78 is 16.3. The van der Waals surface area contributed by atoms with Crippen LogP contribution in [0.1, 0.15) is 15.9 Å². The molecule has 0 bridgehead atoms. The van der Waals surface area contributed by atoms with Crippen LogP contribution in [0.3, 0.4) is 0 Å². The Hall–Kier alpha value is -5.01. The van der Waals surface area contributed by atoms with Crippen molar-refractivity contribution in [3.8, 4) is 28.5 Å². The molecule has 1 heterocycles. The molecule has 5 aromatic rings. The van der Waals surface area contributed by atoms with Gasteiger partial charge in [-0.25, -0.2) is 4.98 Å². The number of halogens is 2. The number of ether oxygens (including phenoxy) is 3. The first kappa shape index (κ1) is 36.3. The minimum absolute atomic E-state index is 0.0331. The largest absolute Gasteiger partial charge is 0.493 e. The van der Waals surface area contributed by atoms with Crippen molar-refractivity contribution in [2.24, 2.45) is 0 Å². The Morgan fingerprint density at radius 1 is 0.840 bits per heavy atom. The molecule has 0 unspecified atom stereocenters. The second-order valence-electron chi connectivity index (χ2n) is 10.3. The van der Waals surface area contributed by atoms with Crippen molar-refractivity contribution in [3.05, 3.63) is 117 Å². The Bertz CT molecular complexity index is 2030. The van der Waals surface area contributed by atoms with Crippen LogP contribution in [-0.2, 0) is 9.59 Å². The zero-order valence-corrected chi connectivity index (χ0v) is 30.1. The molecule has 0 saturated carbocycles.